The van der Waals surface area contributed by atoms with E-state index < -0.39 is 0 Å². The number of nitrogens with zero attached hydrogens (tertiary/aromatic N) is 2. The van der Waals surface area contributed by atoms with E-state index in [0.717, 1.165) is 17.4 Å². The van der Waals surface area contributed by atoms with E-state index in [1.54, 1.807) is 11.2 Å². The molecule has 0 amide bonds. The second kappa shape index (κ2) is 6.96. The minimum absolute atomic E-state index is 0.577. The molecule has 0 unspecified atom stereocenters. The van der Waals surface area contributed by atoms with Gasteiger partial charge in [0.25, 0.3) is 0 Å². The molecule has 1 N–H and O–H groups in total. The predicted octanol–water partition coefficient (Wildman–Crippen LogP) is 3.74. The fourth-order valence-electron chi connectivity index (χ4n) is 2.44. The number of hydrazone groups is 1. The summed E-state index contributed by atoms with van der Waals surface area (Å²) in [6, 6.07) is 14.1. The Morgan fingerprint density at radius 2 is 2.09 bits per heavy atom. The molecule has 0 bridgehead atoms. The van der Waals surface area contributed by atoms with Gasteiger partial charge in [-0.25, -0.2) is 5.01 Å². The number of rotatable bonds is 5. The van der Waals surface area contributed by atoms with Gasteiger partial charge in [0.1, 0.15) is 11.5 Å². The molecule has 1 saturated carbocycles. The van der Waals surface area contributed by atoms with Crippen molar-refractivity contribution in [3.8, 4) is 0 Å². The summed E-state index contributed by atoms with van der Waals surface area (Å²) >= 11 is 5.33. The zero-order valence-electron chi connectivity index (χ0n) is 13.4. The lowest BCUT2D eigenvalue weighted by Crippen LogP contribution is -2.33. The Morgan fingerprint density at radius 1 is 1.35 bits per heavy atom. The Labute approximate surface area is 142 Å². The van der Waals surface area contributed by atoms with Crippen LogP contribution >= 0.6 is 12.2 Å². The van der Waals surface area contributed by atoms with Gasteiger partial charge in [-0.1, -0.05) is 37.3 Å². The fraction of sp³-hybridized carbons (Fsp3) is 0.333. The van der Waals surface area contributed by atoms with Gasteiger partial charge in [0, 0.05) is 19.5 Å². The minimum atomic E-state index is 0.577. The topological polar surface area (TPSA) is 40.8 Å². The number of hydrogen-bond donors (Lipinski definition) is 1. The second-order valence-corrected chi connectivity index (χ2v) is 6.36. The summed E-state index contributed by atoms with van der Waals surface area (Å²) in [5, 5.41) is 9.73. The molecule has 1 aliphatic carbocycles. The highest BCUT2D eigenvalue weighted by molar-refractivity contribution is 7.80. The molecule has 23 heavy (non-hydrogen) atoms. The molecule has 1 heterocycles. The van der Waals surface area contributed by atoms with E-state index in [0.29, 0.717) is 17.6 Å². The molecule has 120 valence electrons. The molecular weight excluding hydrogens is 306 g/mol. The van der Waals surface area contributed by atoms with Gasteiger partial charge in [-0.05, 0) is 42.3 Å². The molecule has 0 spiro atoms. The zero-order valence-corrected chi connectivity index (χ0v) is 14.2. The first-order valence-electron chi connectivity index (χ1n) is 7.82. The van der Waals surface area contributed by atoms with Crippen molar-refractivity contribution in [3.63, 3.8) is 0 Å². The van der Waals surface area contributed by atoms with Crippen LogP contribution in [0.1, 0.15) is 36.3 Å². The first-order valence-corrected chi connectivity index (χ1v) is 8.23. The summed E-state index contributed by atoms with van der Waals surface area (Å²) < 4.78 is 5.80. The molecule has 1 fully saturated rings. The van der Waals surface area contributed by atoms with Crippen LogP contribution in [0.3, 0.4) is 0 Å². The molecule has 2 aromatic rings. The van der Waals surface area contributed by atoms with E-state index in [1.807, 2.05) is 37.4 Å². The predicted molar refractivity (Wildman–Crippen MR) is 96.5 cm³/mol. The molecule has 3 rings (SSSR count). The first kappa shape index (κ1) is 15.7. The van der Waals surface area contributed by atoms with Crippen molar-refractivity contribution in [3.05, 3.63) is 59.5 Å². The summed E-state index contributed by atoms with van der Waals surface area (Å²) in [4.78, 5) is 0. The van der Waals surface area contributed by atoms with Gasteiger partial charge >= 0.3 is 0 Å². The largest absolute Gasteiger partial charge is 0.460 e. The van der Waals surface area contributed by atoms with Crippen LogP contribution in [0, 0.1) is 5.92 Å². The zero-order chi connectivity index (χ0) is 16.2. The molecule has 0 saturated heterocycles. The van der Waals surface area contributed by atoms with E-state index in [-0.39, 0.29) is 0 Å². The van der Waals surface area contributed by atoms with Crippen LogP contribution in [0.4, 0.5) is 0 Å². The second-order valence-electron chi connectivity index (χ2n) is 5.97. The Balaban J connectivity index is 1.50. The minimum Gasteiger partial charge on any atom is -0.460 e. The molecule has 0 radical (unpaired) electrons. The van der Waals surface area contributed by atoms with E-state index in [9.17, 15) is 0 Å². The molecule has 0 aliphatic heterocycles. The van der Waals surface area contributed by atoms with Gasteiger partial charge in [0.2, 0.25) is 0 Å². The lowest BCUT2D eigenvalue weighted by atomic mass is 10.2. The highest BCUT2D eigenvalue weighted by atomic mass is 32.1. The molecule has 2 atom stereocenters. The van der Waals surface area contributed by atoms with Gasteiger partial charge in [0.15, 0.2) is 5.11 Å². The highest BCUT2D eigenvalue weighted by Gasteiger charge is 2.36. The van der Waals surface area contributed by atoms with Crippen LogP contribution in [0.2, 0.25) is 0 Å². The summed E-state index contributed by atoms with van der Waals surface area (Å²) in [6.07, 6.45) is 2.92. The number of nitrogens with one attached hydrogen (secondary N) is 1. The van der Waals surface area contributed by atoms with Crippen LogP contribution in [0.15, 0.2) is 52.0 Å². The van der Waals surface area contributed by atoms with Crippen LogP contribution in [0.25, 0.3) is 0 Å². The van der Waals surface area contributed by atoms with Crippen molar-refractivity contribution in [2.75, 3.05) is 7.05 Å². The van der Waals surface area contributed by atoms with Crippen LogP contribution < -0.4 is 5.32 Å². The maximum atomic E-state index is 5.80. The van der Waals surface area contributed by atoms with Gasteiger partial charge in [-0.3, -0.25) is 0 Å². The standard InChI is InChI=1S/C18H21N3OS/c1-13-10-16(13)17-9-8-15(22-17)12-20-21(2)18(23)19-11-14-6-4-3-5-7-14/h3-9,12-13,16H,10-11H2,1-2H3,(H,19,23)/b20-12-/t13-,16+/m1/s1. The Kier molecular flexibility index (Phi) is 4.76. The number of furan rings is 1. The molecule has 1 aromatic carbocycles. The number of thiocarbonyl (C=S) groups is 1. The van der Waals surface area contributed by atoms with Gasteiger partial charge in [-0.15, -0.1) is 0 Å². The Morgan fingerprint density at radius 3 is 2.78 bits per heavy atom. The van der Waals surface area contributed by atoms with Crippen molar-refractivity contribution in [2.45, 2.75) is 25.8 Å². The molecule has 1 aliphatic rings. The van der Waals surface area contributed by atoms with Crippen LogP contribution in [-0.2, 0) is 6.54 Å². The Hall–Kier alpha value is -2.14. The van der Waals surface area contributed by atoms with Crippen molar-refractivity contribution in [1.82, 2.24) is 10.3 Å². The summed E-state index contributed by atoms with van der Waals surface area (Å²) in [7, 11) is 1.82. The third kappa shape index (κ3) is 4.20. The molecule has 1 aromatic heterocycles. The molecule has 4 nitrogen and oxygen atoms in total. The Bertz CT molecular complexity index is 695. The monoisotopic (exact) mass is 327 g/mol. The average molecular weight is 327 g/mol. The van der Waals surface area contributed by atoms with Crippen LogP contribution in [0.5, 0.6) is 0 Å². The molecule has 5 heteroatoms. The maximum Gasteiger partial charge on any atom is 0.189 e. The summed E-state index contributed by atoms with van der Waals surface area (Å²) in [5.41, 5.74) is 1.18. The van der Waals surface area contributed by atoms with Gasteiger partial charge in [0.05, 0.1) is 6.21 Å². The van der Waals surface area contributed by atoms with E-state index >= 15 is 0 Å². The van der Waals surface area contributed by atoms with E-state index in [1.165, 1.54) is 12.0 Å². The van der Waals surface area contributed by atoms with Crippen molar-refractivity contribution in [1.29, 1.82) is 0 Å². The van der Waals surface area contributed by atoms with Crippen molar-refractivity contribution >= 4 is 23.5 Å². The van der Waals surface area contributed by atoms with Crippen molar-refractivity contribution < 1.29 is 4.42 Å². The maximum absolute atomic E-state index is 5.80. The summed E-state index contributed by atoms with van der Waals surface area (Å²) in [5.74, 6) is 3.15. The number of hydrogen-bond acceptors (Lipinski definition) is 3. The van der Waals surface area contributed by atoms with Crippen molar-refractivity contribution in [2.24, 2.45) is 11.0 Å². The van der Waals surface area contributed by atoms with Crippen LogP contribution in [-0.4, -0.2) is 23.4 Å². The van der Waals surface area contributed by atoms with Gasteiger partial charge in [-0.2, -0.15) is 5.10 Å². The average Bonchev–Trinajstić information content (AvgIpc) is 3.11. The number of benzene rings is 1. The van der Waals surface area contributed by atoms with Gasteiger partial charge < -0.3 is 9.73 Å². The smallest absolute Gasteiger partial charge is 0.189 e. The normalized spacial score (nSPS) is 19.7. The third-order valence-corrected chi connectivity index (χ3v) is 4.47. The quantitative estimate of drug-likeness (QED) is 0.516. The SMILES string of the molecule is C[C@@H]1C[C@@H]1c1ccc(/C=N\N(C)C(=S)NCc2ccccc2)o1. The molecular formula is C18H21N3OS. The fourth-order valence-corrected chi connectivity index (χ4v) is 2.56. The summed E-state index contributed by atoms with van der Waals surface area (Å²) in [6.45, 7) is 2.93. The van der Waals surface area contributed by atoms with E-state index in [2.05, 4.69) is 29.5 Å². The first-order chi connectivity index (χ1) is 11.1. The lowest BCUT2D eigenvalue weighted by Gasteiger charge is -2.15. The third-order valence-electron chi connectivity index (χ3n) is 4.06. The highest BCUT2D eigenvalue weighted by Crippen LogP contribution is 2.47. The lowest BCUT2D eigenvalue weighted by molar-refractivity contribution is 0.493. The van der Waals surface area contributed by atoms with E-state index in [4.69, 9.17) is 16.6 Å².